The lowest BCUT2D eigenvalue weighted by Gasteiger charge is -2.28. The molecule has 1 atom stereocenters. The third kappa shape index (κ3) is 2.39. The lowest BCUT2D eigenvalue weighted by atomic mass is 10.1. The van der Waals surface area contributed by atoms with Gasteiger partial charge in [-0.15, -0.1) is 0 Å². The summed E-state index contributed by atoms with van der Waals surface area (Å²) in [6, 6.07) is 10.2. The predicted molar refractivity (Wildman–Crippen MR) is 71.6 cm³/mol. The van der Waals surface area contributed by atoms with E-state index >= 15 is 0 Å². The topological polar surface area (TPSA) is 47.6 Å². The highest BCUT2D eigenvalue weighted by molar-refractivity contribution is 7.56. The van der Waals surface area contributed by atoms with Crippen molar-refractivity contribution in [2.24, 2.45) is 0 Å². The van der Waals surface area contributed by atoms with Crippen molar-refractivity contribution in [3.8, 4) is 0 Å². The molecule has 0 heterocycles. The summed E-state index contributed by atoms with van der Waals surface area (Å²) in [5.74, 6) is 0. The second-order valence-electron chi connectivity index (χ2n) is 4.67. The molecule has 4 nitrogen and oxygen atoms in total. The SMILES string of the molecule is COP(=O)(OC)C1(NC(C)c2ccccc2)CC1. The number of benzene rings is 1. The number of rotatable bonds is 6. The van der Waals surface area contributed by atoms with Gasteiger partial charge in [-0.25, -0.2) is 0 Å². The molecule has 2 rings (SSSR count). The van der Waals surface area contributed by atoms with E-state index in [9.17, 15) is 4.57 Å². The molecule has 0 saturated heterocycles. The minimum Gasteiger partial charge on any atom is -0.311 e. The molecule has 1 aliphatic carbocycles. The van der Waals surface area contributed by atoms with Gasteiger partial charge in [-0.05, 0) is 25.3 Å². The molecule has 1 saturated carbocycles. The summed E-state index contributed by atoms with van der Waals surface area (Å²) in [7, 11) is -0.171. The minimum absolute atomic E-state index is 0.118. The summed E-state index contributed by atoms with van der Waals surface area (Å²) in [4.78, 5) is 0. The first kappa shape index (κ1) is 13.8. The van der Waals surface area contributed by atoms with Crippen molar-refractivity contribution in [2.45, 2.75) is 31.1 Å². The summed E-state index contributed by atoms with van der Waals surface area (Å²) >= 11 is 0. The number of hydrogen-bond donors (Lipinski definition) is 1. The molecule has 100 valence electrons. The zero-order valence-corrected chi connectivity index (χ0v) is 11.9. The Bertz CT molecular complexity index is 437. The molecule has 0 spiro atoms. The van der Waals surface area contributed by atoms with Crippen LogP contribution in [0.2, 0.25) is 0 Å². The number of nitrogens with one attached hydrogen (secondary N) is 1. The molecule has 0 bridgehead atoms. The third-order valence-corrected chi connectivity index (χ3v) is 6.10. The van der Waals surface area contributed by atoms with Crippen molar-refractivity contribution in [1.82, 2.24) is 5.32 Å². The van der Waals surface area contributed by atoms with E-state index in [-0.39, 0.29) is 6.04 Å². The van der Waals surface area contributed by atoms with Crippen molar-refractivity contribution in [1.29, 1.82) is 0 Å². The molecule has 1 aliphatic rings. The molecule has 1 aromatic carbocycles. The van der Waals surface area contributed by atoms with Crippen LogP contribution in [-0.2, 0) is 13.6 Å². The zero-order chi connectivity index (χ0) is 13.2. The van der Waals surface area contributed by atoms with Crippen LogP contribution in [0.15, 0.2) is 30.3 Å². The van der Waals surface area contributed by atoms with Crippen LogP contribution in [0.25, 0.3) is 0 Å². The maximum absolute atomic E-state index is 12.5. The number of hydrogen-bond acceptors (Lipinski definition) is 4. The van der Waals surface area contributed by atoms with Gasteiger partial charge in [0.25, 0.3) is 0 Å². The molecule has 0 radical (unpaired) electrons. The van der Waals surface area contributed by atoms with Crippen molar-refractivity contribution in [2.75, 3.05) is 14.2 Å². The van der Waals surface area contributed by atoms with Gasteiger partial charge < -0.3 is 9.05 Å². The molecular weight excluding hydrogens is 249 g/mol. The van der Waals surface area contributed by atoms with Crippen LogP contribution < -0.4 is 5.32 Å². The smallest absolute Gasteiger partial charge is 0.311 e. The van der Waals surface area contributed by atoms with E-state index < -0.39 is 12.9 Å². The molecule has 0 amide bonds. The second-order valence-corrected chi connectivity index (χ2v) is 7.25. The summed E-state index contributed by atoms with van der Waals surface area (Å²) in [5.41, 5.74) is 1.17. The molecule has 5 heteroatoms. The van der Waals surface area contributed by atoms with Gasteiger partial charge in [0.15, 0.2) is 0 Å². The fourth-order valence-electron chi connectivity index (χ4n) is 2.27. The normalized spacial score (nSPS) is 19.5. The quantitative estimate of drug-likeness (QED) is 0.805. The van der Waals surface area contributed by atoms with Gasteiger partial charge in [-0.1, -0.05) is 30.3 Å². The van der Waals surface area contributed by atoms with Crippen molar-refractivity contribution in [3.05, 3.63) is 35.9 Å². The van der Waals surface area contributed by atoms with Crippen LogP contribution in [-0.4, -0.2) is 19.5 Å². The zero-order valence-electron chi connectivity index (χ0n) is 11.1. The molecule has 1 N–H and O–H groups in total. The average Bonchev–Trinajstić information content (AvgIpc) is 3.20. The van der Waals surface area contributed by atoms with E-state index in [1.807, 2.05) is 18.2 Å². The highest BCUT2D eigenvalue weighted by atomic mass is 31.2. The minimum atomic E-state index is -3.06. The largest absolute Gasteiger partial charge is 0.350 e. The van der Waals surface area contributed by atoms with Crippen LogP contribution in [0.1, 0.15) is 31.4 Å². The van der Waals surface area contributed by atoms with E-state index in [2.05, 4.69) is 24.4 Å². The molecular formula is C13H20NO3P. The predicted octanol–water partition coefficient (Wildman–Crippen LogP) is 3.31. The molecule has 1 unspecified atom stereocenters. The monoisotopic (exact) mass is 269 g/mol. The molecule has 0 aromatic heterocycles. The Morgan fingerprint density at radius 3 is 2.22 bits per heavy atom. The lowest BCUT2D eigenvalue weighted by Crippen LogP contribution is -2.34. The van der Waals surface area contributed by atoms with E-state index in [0.29, 0.717) is 0 Å². The average molecular weight is 269 g/mol. The van der Waals surface area contributed by atoms with Crippen LogP contribution in [0.5, 0.6) is 0 Å². The molecule has 0 aliphatic heterocycles. The van der Waals surface area contributed by atoms with Gasteiger partial charge in [-0.3, -0.25) is 9.88 Å². The standard InChI is InChI=1S/C13H20NO3P/c1-11(12-7-5-4-6-8-12)14-13(9-10-13)18(15,16-2)17-3/h4-8,11,14H,9-10H2,1-3H3. The van der Waals surface area contributed by atoms with Crippen LogP contribution in [0.4, 0.5) is 0 Å². The molecule has 1 fully saturated rings. The van der Waals surface area contributed by atoms with Crippen molar-refractivity contribution in [3.63, 3.8) is 0 Å². The van der Waals surface area contributed by atoms with Gasteiger partial charge >= 0.3 is 7.60 Å². The van der Waals surface area contributed by atoms with Gasteiger partial charge in [0.2, 0.25) is 0 Å². The second kappa shape index (κ2) is 5.14. The van der Waals surface area contributed by atoms with Crippen molar-refractivity contribution >= 4 is 7.60 Å². The van der Waals surface area contributed by atoms with Crippen LogP contribution in [0, 0.1) is 0 Å². The fraction of sp³-hybridized carbons (Fsp3) is 0.538. The Balaban J connectivity index is 2.12. The highest BCUT2D eigenvalue weighted by Gasteiger charge is 2.60. The van der Waals surface area contributed by atoms with Gasteiger partial charge in [0, 0.05) is 20.3 Å². The first-order valence-electron chi connectivity index (χ1n) is 6.11. The van der Waals surface area contributed by atoms with E-state index in [1.54, 1.807) is 0 Å². The lowest BCUT2D eigenvalue weighted by molar-refractivity contribution is 0.251. The maximum atomic E-state index is 12.5. The van der Waals surface area contributed by atoms with E-state index in [4.69, 9.17) is 9.05 Å². The summed E-state index contributed by atoms with van der Waals surface area (Å²) in [6.45, 7) is 2.06. The van der Waals surface area contributed by atoms with Gasteiger partial charge in [-0.2, -0.15) is 0 Å². The molecule has 18 heavy (non-hydrogen) atoms. The Morgan fingerprint density at radius 2 is 1.78 bits per heavy atom. The summed E-state index contributed by atoms with van der Waals surface area (Å²) < 4.78 is 22.7. The fourth-order valence-corrected chi connectivity index (χ4v) is 4.13. The summed E-state index contributed by atoms with van der Waals surface area (Å²) in [6.07, 6.45) is 1.65. The Labute approximate surface area is 108 Å². The van der Waals surface area contributed by atoms with Gasteiger partial charge in [0.1, 0.15) is 5.28 Å². The Kier molecular flexibility index (Phi) is 3.93. The molecule has 1 aromatic rings. The maximum Gasteiger partial charge on any atom is 0.350 e. The Hall–Kier alpha value is -0.670. The summed E-state index contributed by atoms with van der Waals surface area (Å²) in [5, 5.41) is 2.90. The highest BCUT2D eigenvalue weighted by Crippen LogP contribution is 2.69. The van der Waals surface area contributed by atoms with Crippen molar-refractivity contribution < 1.29 is 13.6 Å². The Morgan fingerprint density at radius 1 is 1.22 bits per heavy atom. The first-order valence-corrected chi connectivity index (χ1v) is 7.65. The van der Waals surface area contributed by atoms with Gasteiger partial charge in [0.05, 0.1) is 0 Å². The third-order valence-electron chi connectivity index (χ3n) is 3.51. The van der Waals surface area contributed by atoms with E-state index in [1.165, 1.54) is 19.8 Å². The van der Waals surface area contributed by atoms with Crippen LogP contribution >= 0.6 is 7.60 Å². The first-order chi connectivity index (χ1) is 8.57. The van der Waals surface area contributed by atoms with Crippen LogP contribution in [0.3, 0.4) is 0 Å². The van der Waals surface area contributed by atoms with E-state index in [0.717, 1.165) is 12.8 Å².